The molecule has 0 bridgehead atoms. The van der Waals surface area contributed by atoms with Gasteiger partial charge in [0.15, 0.2) is 5.16 Å². The summed E-state index contributed by atoms with van der Waals surface area (Å²) in [5, 5.41) is 20.5. The van der Waals surface area contributed by atoms with Gasteiger partial charge in [-0.2, -0.15) is 0 Å². The highest BCUT2D eigenvalue weighted by Crippen LogP contribution is 2.24. The summed E-state index contributed by atoms with van der Waals surface area (Å²) >= 11 is 6.94. The van der Waals surface area contributed by atoms with Gasteiger partial charge in [0.1, 0.15) is 0 Å². The zero-order valence-corrected chi connectivity index (χ0v) is 12.9. The van der Waals surface area contributed by atoms with E-state index in [1.54, 1.807) is 29.8 Å². The molecule has 2 aromatic rings. The third-order valence-corrected chi connectivity index (χ3v) is 4.17. The van der Waals surface area contributed by atoms with Crippen LogP contribution in [0.1, 0.15) is 18.2 Å². The molecule has 0 aliphatic carbocycles. The first-order chi connectivity index (χ1) is 9.99. The van der Waals surface area contributed by atoms with E-state index in [4.69, 9.17) is 11.6 Å². The molecule has 1 heterocycles. The number of carbonyl (C=O) groups is 1. The number of rotatable bonds is 6. The monoisotopic (exact) mass is 325 g/mol. The summed E-state index contributed by atoms with van der Waals surface area (Å²) in [6.45, 7) is 1.87. The molecule has 0 aliphatic rings. The van der Waals surface area contributed by atoms with Crippen molar-refractivity contribution in [3.05, 3.63) is 46.7 Å². The smallest absolute Gasteiger partial charge is 0.169 e. The average molecular weight is 326 g/mol. The Morgan fingerprint density at radius 3 is 2.71 bits per heavy atom. The van der Waals surface area contributed by atoms with Crippen molar-refractivity contribution >= 4 is 29.3 Å². The second-order valence-corrected chi connectivity index (χ2v) is 6.25. The molecular formula is C14H14ClN2O3S-. The van der Waals surface area contributed by atoms with Crippen molar-refractivity contribution in [3.63, 3.8) is 0 Å². The van der Waals surface area contributed by atoms with E-state index in [9.17, 15) is 15.0 Å². The number of hydrogen-bond acceptors (Lipinski definition) is 5. The molecule has 0 saturated carbocycles. The molecule has 0 aliphatic heterocycles. The quantitative estimate of drug-likeness (QED) is 0.810. The molecule has 1 N–H and O–H groups in total. The zero-order chi connectivity index (χ0) is 15.4. The maximum Gasteiger partial charge on any atom is 0.169 e. The third-order valence-electron chi connectivity index (χ3n) is 2.83. The standard InChI is InChI=1S/C14H15ClN2O3S/c1-9(13(19)20)21-14-16-12(8-18)7-17(14)6-10-2-4-11(15)5-3-10/h2-5,7,9,18H,6,8H2,1H3,(H,19,20)/p-1/t9-/m1/s1. The van der Waals surface area contributed by atoms with E-state index in [1.807, 2.05) is 12.1 Å². The Bertz CT molecular complexity index is 628. The number of carboxylic acid groups (broad SMARTS) is 1. The van der Waals surface area contributed by atoms with Crippen molar-refractivity contribution in [3.8, 4) is 0 Å². The first-order valence-electron chi connectivity index (χ1n) is 6.28. The Hall–Kier alpha value is -1.50. The fourth-order valence-corrected chi connectivity index (χ4v) is 2.69. The summed E-state index contributed by atoms with van der Waals surface area (Å²) in [4.78, 5) is 15.1. The van der Waals surface area contributed by atoms with E-state index in [0.717, 1.165) is 17.3 Å². The third kappa shape index (κ3) is 4.23. The molecule has 5 nitrogen and oxygen atoms in total. The number of hydrogen-bond donors (Lipinski definition) is 1. The molecule has 1 aromatic heterocycles. The van der Waals surface area contributed by atoms with Gasteiger partial charge in [0.25, 0.3) is 0 Å². The lowest BCUT2D eigenvalue weighted by molar-refractivity contribution is -0.304. The maximum absolute atomic E-state index is 10.9. The lowest BCUT2D eigenvalue weighted by Gasteiger charge is -2.13. The Morgan fingerprint density at radius 2 is 2.14 bits per heavy atom. The molecule has 0 saturated heterocycles. The SMILES string of the molecule is C[C@@H](Sc1nc(CO)cn1Cc1ccc(Cl)cc1)C(=O)[O-]. The minimum absolute atomic E-state index is 0.194. The van der Waals surface area contributed by atoms with E-state index in [-0.39, 0.29) is 6.61 Å². The van der Waals surface area contributed by atoms with E-state index in [1.165, 1.54) is 0 Å². The molecule has 0 fully saturated rings. The highest BCUT2D eigenvalue weighted by atomic mass is 35.5. The van der Waals surface area contributed by atoms with Crippen molar-refractivity contribution in [2.75, 3.05) is 0 Å². The van der Waals surface area contributed by atoms with Crippen LogP contribution in [0.15, 0.2) is 35.6 Å². The van der Waals surface area contributed by atoms with Gasteiger partial charge in [0.05, 0.1) is 18.3 Å². The van der Waals surface area contributed by atoms with Gasteiger partial charge < -0.3 is 19.6 Å². The molecule has 7 heteroatoms. The fourth-order valence-electron chi connectivity index (χ4n) is 1.73. The van der Waals surface area contributed by atoms with Gasteiger partial charge in [-0.25, -0.2) is 4.98 Å². The predicted octanol–water partition coefficient (Wildman–Crippen LogP) is 1.31. The summed E-state index contributed by atoms with van der Waals surface area (Å²) in [6.07, 6.45) is 1.71. The van der Waals surface area contributed by atoms with Crippen LogP contribution in [-0.2, 0) is 17.9 Å². The molecule has 1 aromatic carbocycles. The van der Waals surface area contributed by atoms with E-state index < -0.39 is 11.2 Å². The molecule has 0 amide bonds. The molecule has 1 atom stereocenters. The average Bonchev–Trinajstić information content (AvgIpc) is 2.83. The van der Waals surface area contributed by atoms with E-state index in [0.29, 0.717) is 22.4 Å². The first kappa shape index (κ1) is 15.9. The summed E-state index contributed by atoms with van der Waals surface area (Å²) in [5.41, 5.74) is 1.50. The normalized spacial score (nSPS) is 12.3. The van der Waals surface area contributed by atoms with E-state index >= 15 is 0 Å². The number of halogens is 1. The Labute approximate surface area is 131 Å². The molecule has 0 radical (unpaired) electrons. The molecule has 2 rings (SSSR count). The Kier molecular flexibility index (Phi) is 5.27. The number of thioether (sulfide) groups is 1. The minimum atomic E-state index is -1.15. The molecule has 0 spiro atoms. The zero-order valence-electron chi connectivity index (χ0n) is 11.3. The van der Waals surface area contributed by atoms with Crippen molar-refractivity contribution < 1.29 is 15.0 Å². The number of carbonyl (C=O) groups excluding carboxylic acids is 1. The minimum Gasteiger partial charge on any atom is -0.549 e. The van der Waals surface area contributed by atoms with Crippen LogP contribution in [0.25, 0.3) is 0 Å². The van der Waals surface area contributed by atoms with Gasteiger partial charge in [-0.1, -0.05) is 35.5 Å². The number of aliphatic hydroxyl groups is 1. The largest absolute Gasteiger partial charge is 0.549 e. The molecule has 112 valence electrons. The summed E-state index contributed by atoms with van der Waals surface area (Å²) in [5.74, 6) is -1.15. The lowest BCUT2D eigenvalue weighted by atomic mass is 10.2. The summed E-state index contributed by atoms with van der Waals surface area (Å²) in [7, 11) is 0. The summed E-state index contributed by atoms with van der Waals surface area (Å²) < 4.78 is 1.80. The number of nitrogens with zero attached hydrogens (tertiary/aromatic N) is 2. The highest BCUT2D eigenvalue weighted by molar-refractivity contribution is 8.00. The van der Waals surface area contributed by atoms with Gasteiger partial charge in [0, 0.05) is 23.0 Å². The fraction of sp³-hybridized carbons (Fsp3) is 0.286. The second kappa shape index (κ2) is 6.98. The topological polar surface area (TPSA) is 78.2 Å². The number of aromatic nitrogens is 2. The van der Waals surface area contributed by atoms with Gasteiger partial charge >= 0.3 is 0 Å². The second-order valence-electron chi connectivity index (χ2n) is 4.51. The Balaban J connectivity index is 2.22. The first-order valence-corrected chi connectivity index (χ1v) is 7.54. The molecule has 0 unspecified atom stereocenters. The summed E-state index contributed by atoms with van der Waals surface area (Å²) in [6, 6.07) is 7.35. The van der Waals surface area contributed by atoms with Crippen molar-refractivity contribution in [2.24, 2.45) is 0 Å². The van der Waals surface area contributed by atoms with E-state index in [2.05, 4.69) is 4.98 Å². The van der Waals surface area contributed by atoms with Crippen LogP contribution < -0.4 is 5.11 Å². The van der Waals surface area contributed by atoms with Crippen LogP contribution >= 0.6 is 23.4 Å². The number of carboxylic acids is 1. The molecular weight excluding hydrogens is 312 g/mol. The van der Waals surface area contributed by atoms with Gasteiger partial charge in [0.2, 0.25) is 0 Å². The molecule has 21 heavy (non-hydrogen) atoms. The number of aliphatic carboxylic acids is 1. The number of benzene rings is 1. The van der Waals surface area contributed by atoms with Gasteiger partial charge in [-0.05, 0) is 24.6 Å². The van der Waals surface area contributed by atoms with Crippen molar-refractivity contribution in [1.29, 1.82) is 0 Å². The Morgan fingerprint density at radius 1 is 1.48 bits per heavy atom. The van der Waals surface area contributed by atoms with Crippen LogP contribution in [0.5, 0.6) is 0 Å². The number of imidazole rings is 1. The van der Waals surface area contributed by atoms with Crippen molar-refractivity contribution in [1.82, 2.24) is 9.55 Å². The van der Waals surface area contributed by atoms with Crippen molar-refractivity contribution in [2.45, 2.75) is 30.5 Å². The van der Waals surface area contributed by atoms with Crippen LogP contribution in [0.2, 0.25) is 5.02 Å². The predicted molar refractivity (Wildman–Crippen MR) is 79.0 cm³/mol. The maximum atomic E-state index is 10.9. The van der Waals surface area contributed by atoms with Crippen LogP contribution in [0.4, 0.5) is 0 Å². The van der Waals surface area contributed by atoms with Gasteiger partial charge in [-0.3, -0.25) is 0 Å². The highest BCUT2D eigenvalue weighted by Gasteiger charge is 2.13. The van der Waals surface area contributed by atoms with Crippen LogP contribution in [0, 0.1) is 0 Å². The van der Waals surface area contributed by atoms with Crippen LogP contribution in [0.3, 0.4) is 0 Å². The lowest BCUT2D eigenvalue weighted by Crippen LogP contribution is -2.31. The number of aliphatic hydroxyl groups excluding tert-OH is 1. The van der Waals surface area contributed by atoms with Gasteiger partial charge in [-0.15, -0.1) is 0 Å². The van der Waals surface area contributed by atoms with Crippen LogP contribution in [-0.4, -0.2) is 25.9 Å².